The predicted octanol–water partition coefficient (Wildman–Crippen LogP) is 0.965. The normalized spacial score (nSPS) is 27.2. The number of carbonyl (C=O) groups is 3. The summed E-state index contributed by atoms with van der Waals surface area (Å²) >= 11 is 0. The molecule has 0 radical (unpaired) electrons. The van der Waals surface area contributed by atoms with E-state index in [4.69, 9.17) is 0 Å². The van der Waals surface area contributed by atoms with Crippen molar-refractivity contribution in [2.45, 2.75) is 63.1 Å². The van der Waals surface area contributed by atoms with Crippen LogP contribution in [0.2, 0.25) is 0 Å². The van der Waals surface area contributed by atoms with Gasteiger partial charge < -0.3 is 20.0 Å². The van der Waals surface area contributed by atoms with E-state index in [9.17, 15) is 19.6 Å². The van der Waals surface area contributed by atoms with E-state index in [1.807, 2.05) is 35.2 Å². The number of amides is 3. The minimum absolute atomic E-state index is 0.0465. The third kappa shape index (κ3) is 4.90. The zero-order valence-electron chi connectivity index (χ0n) is 21.7. The molecule has 4 fully saturated rings. The Bertz CT molecular complexity index is 1080. The fourth-order valence-corrected chi connectivity index (χ4v) is 6.49. The maximum absolute atomic E-state index is 13.9. The quantitative estimate of drug-likeness (QED) is 0.543. The summed E-state index contributed by atoms with van der Waals surface area (Å²) < 4.78 is 0. The number of rotatable bonds is 5. The molecule has 198 valence electrons. The summed E-state index contributed by atoms with van der Waals surface area (Å²) in [4.78, 5) is 45.6. The topological polar surface area (TPSA) is 121 Å². The fraction of sp³-hybridized carbons (Fsp3) is 0.630. The highest BCUT2D eigenvalue weighted by Crippen LogP contribution is 2.40. The maximum Gasteiger partial charge on any atom is 0.250 e. The van der Waals surface area contributed by atoms with Crippen molar-refractivity contribution in [1.29, 1.82) is 5.26 Å². The molecule has 3 aliphatic heterocycles. The maximum atomic E-state index is 13.9. The summed E-state index contributed by atoms with van der Waals surface area (Å²) in [7, 11) is 0. The highest BCUT2D eigenvalue weighted by molar-refractivity contribution is 5.96. The van der Waals surface area contributed by atoms with Gasteiger partial charge in [0.1, 0.15) is 17.6 Å². The minimum Gasteiger partial charge on any atom is -0.342 e. The zero-order valence-corrected chi connectivity index (χ0v) is 21.7. The third-order valence-electron chi connectivity index (χ3n) is 8.53. The summed E-state index contributed by atoms with van der Waals surface area (Å²) in [5, 5.41) is 12.0. The Kier molecular flexibility index (Phi) is 6.86. The molecule has 3 atom stereocenters. The Balaban J connectivity index is 1.29. The lowest BCUT2D eigenvalue weighted by Gasteiger charge is -2.44. The van der Waals surface area contributed by atoms with Crippen molar-refractivity contribution >= 4 is 23.4 Å². The number of nitriles is 1. The molecule has 3 N–H and O–H groups in total. The molecule has 1 aliphatic carbocycles. The summed E-state index contributed by atoms with van der Waals surface area (Å²) in [6.45, 7) is 5.41. The molecule has 1 aromatic rings. The lowest BCUT2D eigenvalue weighted by Crippen LogP contribution is -2.58. The van der Waals surface area contributed by atoms with E-state index < -0.39 is 11.1 Å². The van der Waals surface area contributed by atoms with Gasteiger partial charge in [-0.2, -0.15) is 5.26 Å². The van der Waals surface area contributed by atoms with Crippen LogP contribution in [-0.4, -0.2) is 77.5 Å². The van der Waals surface area contributed by atoms with Crippen LogP contribution in [0, 0.1) is 23.2 Å². The first kappa shape index (κ1) is 25.5. The summed E-state index contributed by atoms with van der Waals surface area (Å²) in [5.41, 5.74) is 5.68. The van der Waals surface area contributed by atoms with E-state index in [0.29, 0.717) is 44.6 Å². The van der Waals surface area contributed by atoms with Gasteiger partial charge in [-0.3, -0.25) is 25.2 Å². The van der Waals surface area contributed by atoms with Gasteiger partial charge >= 0.3 is 0 Å². The SMILES string of the molecule is CC(C)(C#N)NC(=O)CN1CN(c2ccccc2)C2(CCN(C(=O)C3CCC4NNCC4C3)CC2)C1=O. The molecule has 0 bridgehead atoms. The molecule has 1 saturated carbocycles. The van der Waals surface area contributed by atoms with Crippen molar-refractivity contribution in [3.05, 3.63) is 30.3 Å². The molecule has 5 rings (SSSR count). The van der Waals surface area contributed by atoms with E-state index >= 15 is 0 Å². The van der Waals surface area contributed by atoms with Crippen molar-refractivity contribution in [1.82, 2.24) is 26.0 Å². The van der Waals surface area contributed by atoms with Crippen LogP contribution >= 0.6 is 0 Å². The van der Waals surface area contributed by atoms with Gasteiger partial charge in [-0.1, -0.05) is 18.2 Å². The molecule has 3 amide bonds. The Labute approximate surface area is 218 Å². The van der Waals surface area contributed by atoms with E-state index in [2.05, 4.69) is 27.1 Å². The van der Waals surface area contributed by atoms with Crippen LogP contribution in [-0.2, 0) is 14.4 Å². The minimum atomic E-state index is -1.01. The molecule has 1 aromatic carbocycles. The van der Waals surface area contributed by atoms with Crippen molar-refractivity contribution in [2.24, 2.45) is 11.8 Å². The molecule has 10 heteroatoms. The second-order valence-corrected chi connectivity index (χ2v) is 11.5. The van der Waals surface area contributed by atoms with Crippen LogP contribution < -0.4 is 21.1 Å². The molecular formula is C27H37N7O3. The third-order valence-corrected chi connectivity index (χ3v) is 8.53. The first-order valence-corrected chi connectivity index (χ1v) is 13.3. The standard InChI is InChI=1S/C27H37N7O3/c1-26(2,17-28)30-23(35)16-33-18-34(21-6-4-3-5-7-21)27(25(33)37)10-12-32(13-11-27)24(36)19-8-9-22-20(14-19)15-29-31-22/h3-7,19-20,22,29,31H,8-16,18H2,1-2H3,(H,30,35). The molecule has 37 heavy (non-hydrogen) atoms. The number of nitrogens with zero attached hydrogens (tertiary/aromatic N) is 4. The predicted molar refractivity (Wildman–Crippen MR) is 138 cm³/mol. The summed E-state index contributed by atoms with van der Waals surface area (Å²) in [6, 6.07) is 12.3. The lowest BCUT2D eigenvalue weighted by atomic mass is 9.77. The second-order valence-electron chi connectivity index (χ2n) is 11.5. The monoisotopic (exact) mass is 507 g/mol. The van der Waals surface area contributed by atoms with Gasteiger partial charge in [-0.05, 0) is 64.0 Å². The summed E-state index contributed by atoms with van der Waals surface area (Å²) in [6.07, 6.45) is 3.85. The van der Waals surface area contributed by atoms with E-state index in [1.54, 1.807) is 18.7 Å². The molecule has 10 nitrogen and oxygen atoms in total. The van der Waals surface area contributed by atoms with Crippen molar-refractivity contribution in [3.63, 3.8) is 0 Å². The molecule has 3 heterocycles. The number of hydrogen-bond donors (Lipinski definition) is 3. The average molecular weight is 508 g/mol. The number of benzene rings is 1. The first-order chi connectivity index (χ1) is 17.7. The molecular weight excluding hydrogens is 470 g/mol. The van der Waals surface area contributed by atoms with E-state index in [1.165, 1.54) is 0 Å². The largest absolute Gasteiger partial charge is 0.342 e. The Morgan fingerprint density at radius 3 is 2.62 bits per heavy atom. The zero-order chi connectivity index (χ0) is 26.2. The number of para-hydroxylation sites is 1. The van der Waals surface area contributed by atoms with Crippen LogP contribution in [0.15, 0.2) is 30.3 Å². The van der Waals surface area contributed by atoms with Gasteiger partial charge in [0.2, 0.25) is 11.8 Å². The van der Waals surface area contributed by atoms with Crippen LogP contribution in [0.4, 0.5) is 5.69 Å². The van der Waals surface area contributed by atoms with Gasteiger partial charge in [0.25, 0.3) is 5.91 Å². The van der Waals surface area contributed by atoms with Crippen molar-refractivity contribution < 1.29 is 14.4 Å². The lowest BCUT2D eigenvalue weighted by molar-refractivity contribution is -0.142. The molecule has 3 unspecified atom stereocenters. The van der Waals surface area contributed by atoms with Crippen molar-refractivity contribution in [2.75, 3.05) is 37.7 Å². The first-order valence-electron chi connectivity index (χ1n) is 13.3. The van der Waals surface area contributed by atoms with E-state index in [0.717, 1.165) is 31.5 Å². The number of hydrogen-bond acceptors (Lipinski definition) is 7. The van der Waals surface area contributed by atoms with Crippen molar-refractivity contribution in [3.8, 4) is 6.07 Å². The number of likely N-dealkylation sites (tertiary alicyclic amines) is 1. The number of fused-ring (bicyclic) bond motifs is 1. The van der Waals surface area contributed by atoms with Crippen LogP contribution in [0.1, 0.15) is 46.0 Å². The highest BCUT2D eigenvalue weighted by atomic mass is 16.2. The highest BCUT2D eigenvalue weighted by Gasteiger charge is 2.54. The summed E-state index contributed by atoms with van der Waals surface area (Å²) in [5.74, 6) is 0.313. The van der Waals surface area contributed by atoms with Crippen LogP contribution in [0.3, 0.4) is 0 Å². The van der Waals surface area contributed by atoms with Crippen LogP contribution in [0.5, 0.6) is 0 Å². The van der Waals surface area contributed by atoms with Gasteiger partial charge in [-0.15, -0.1) is 0 Å². The molecule has 1 spiro atoms. The van der Waals surface area contributed by atoms with Gasteiger partial charge in [0, 0.05) is 37.3 Å². The number of nitrogens with one attached hydrogen (secondary N) is 3. The van der Waals surface area contributed by atoms with Gasteiger partial charge in [0.15, 0.2) is 0 Å². The van der Waals surface area contributed by atoms with Gasteiger partial charge in [-0.25, -0.2) is 0 Å². The Hall–Kier alpha value is -3.16. The number of anilines is 1. The number of carbonyl (C=O) groups excluding carboxylic acids is 3. The smallest absolute Gasteiger partial charge is 0.250 e. The number of piperidine rings is 1. The van der Waals surface area contributed by atoms with E-state index in [-0.39, 0.29) is 30.2 Å². The second kappa shape index (κ2) is 9.95. The molecule has 4 aliphatic rings. The molecule has 0 aromatic heterocycles. The van der Waals surface area contributed by atoms with Crippen LogP contribution in [0.25, 0.3) is 0 Å². The Morgan fingerprint density at radius 2 is 1.92 bits per heavy atom. The van der Waals surface area contributed by atoms with Gasteiger partial charge in [0.05, 0.1) is 12.7 Å². The number of hydrazine groups is 1. The average Bonchev–Trinajstić information content (AvgIpc) is 3.47. The Morgan fingerprint density at radius 1 is 1.19 bits per heavy atom. The fourth-order valence-electron chi connectivity index (χ4n) is 6.49. The molecule has 3 saturated heterocycles.